The van der Waals surface area contributed by atoms with Gasteiger partial charge in [0, 0.05) is 0 Å². The number of thioether (sulfide) groups is 3. The van der Waals surface area contributed by atoms with Crippen LogP contribution in [0.4, 0.5) is 0 Å². The topological polar surface area (TPSA) is 0 Å². The van der Waals surface area contributed by atoms with Crippen molar-refractivity contribution in [3.8, 4) is 0 Å². The molecule has 0 aliphatic heterocycles. The van der Waals surface area contributed by atoms with Crippen molar-refractivity contribution in [2.45, 2.75) is 40.0 Å². The van der Waals surface area contributed by atoms with Crippen LogP contribution in [0.25, 0.3) is 0 Å². The summed E-state index contributed by atoms with van der Waals surface area (Å²) in [6, 6.07) is 0. The molecule has 0 aliphatic rings. The Balaban J connectivity index is -0.000000108. The number of hydrogen-bond donors (Lipinski definition) is 0. The van der Waals surface area contributed by atoms with E-state index in [1.807, 2.05) is 0 Å². The first-order valence-corrected chi connectivity index (χ1v) is 11.7. The van der Waals surface area contributed by atoms with Crippen LogP contribution in [0.3, 0.4) is 0 Å². The van der Waals surface area contributed by atoms with Crippen molar-refractivity contribution < 1.29 is 0 Å². The van der Waals surface area contributed by atoms with Crippen LogP contribution in [0.1, 0.15) is 40.0 Å². The van der Waals surface area contributed by atoms with E-state index < -0.39 is 0 Å². The molecule has 0 aromatic heterocycles. The van der Waals surface area contributed by atoms with Crippen molar-refractivity contribution in [1.82, 2.24) is 0 Å². The number of rotatable bonds is 6. The average Bonchev–Trinajstić information content (AvgIpc) is 2.41. The summed E-state index contributed by atoms with van der Waals surface area (Å²) in [6.07, 6.45) is 3.46. The van der Waals surface area contributed by atoms with Crippen LogP contribution in [0, 0.1) is 0 Å². The van der Waals surface area contributed by atoms with E-state index in [1.54, 1.807) is 35.3 Å². The maximum absolute atomic E-state index is 4.64. The van der Waals surface area contributed by atoms with Gasteiger partial charge in [-0.25, -0.2) is 0 Å². The van der Waals surface area contributed by atoms with E-state index in [1.165, 1.54) is 0 Å². The molecule has 0 bridgehead atoms. The molecule has 128 valence electrons. The molecule has 0 aromatic carbocycles. The van der Waals surface area contributed by atoms with Gasteiger partial charge in [0.05, 0.1) is 0 Å². The van der Waals surface area contributed by atoms with Crippen LogP contribution in [-0.2, 0) is 37.9 Å². The van der Waals surface area contributed by atoms with E-state index in [0.717, 1.165) is 36.5 Å². The first kappa shape index (κ1) is 32.5. The third kappa shape index (κ3) is 49.5. The minimum Gasteiger partial charge on any atom is -0.422 e. The van der Waals surface area contributed by atoms with E-state index in [2.05, 4.69) is 95.3 Å². The quantitative estimate of drug-likeness (QED) is 0.227. The minimum absolute atomic E-state index is 0. The Labute approximate surface area is 199 Å². The average molecular weight is 576 g/mol. The zero-order valence-corrected chi connectivity index (χ0v) is 22.8. The summed E-state index contributed by atoms with van der Waals surface area (Å²) in [4.78, 5) is 0. The van der Waals surface area contributed by atoms with E-state index in [9.17, 15) is 0 Å². The second-order valence-electron chi connectivity index (χ2n) is 3.30. The molecule has 0 amide bonds. The molecule has 0 unspecified atom stereocenters. The summed E-state index contributed by atoms with van der Waals surface area (Å²) in [5.41, 5.74) is 0. The molecule has 0 nitrogen and oxygen atoms in total. The summed E-state index contributed by atoms with van der Waals surface area (Å²) >= 11 is 32.6. The third-order valence-electron chi connectivity index (χ3n) is 1.27. The van der Waals surface area contributed by atoms with Gasteiger partial charge in [0.25, 0.3) is 0 Å². The zero-order valence-electron chi connectivity index (χ0n) is 12.9. The molecule has 0 N–H and O–H groups in total. The predicted octanol–water partition coefficient (Wildman–Crippen LogP) is 5.50. The molecule has 0 aromatic rings. The monoisotopic (exact) mass is 574 g/mol. The van der Waals surface area contributed by atoms with E-state index >= 15 is 0 Å². The summed E-state index contributed by atoms with van der Waals surface area (Å²) in [5.74, 6) is 3.22. The fraction of sp³-hybridized carbons (Fsp3) is 0.750. The van der Waals surface area contributed by atoms with Crippen molar-refractivity contribution in [3.05, 3.63) is 0 Å². The zero-order chi connectivity index (χ0) is 17.1. The van der Waals surface area contributed by atoms with Crippen molar-refractivity contribution in [3.63, 3.8) is 0 Å². The third-order valence-corrected chi connectivity index (χ3v) is 5.94. The molecule has 0 saturated heterocycles. The summed E-state index contributed by atoms with van der Waals surface area (Å²) < 4.78 is 1.92. The number of thiocarbonyl (C=S) groups is 3. The van der Waals surface area contributed by atoms with Gasteiger partial charge in [-0.15, -0.1) is 35.3 Å². The smallest absolute Gasteiger partial charge is 0.422 e. The van der Waals surface area contributed by atoms with Crippen LogP contribution in [0.5, 0.6) is 0 Å². The first-order valence-electron chi connectivity index (χ1n) is 6.32. The molecular formula is C12H21S9Sb. The van der Waals surface area contributed by atoms with Gasteiger partial charge in [0.1, 0.15) is 0 Å². The van der Waals surface area contributed by atoms with Crippen molar-refractivity contribution in [2.24, 2.45) is 0 Å². The molecule has 0 spiro atoms. The Morgan fingerprint density at radius 1 is 0.636 bits per heavy atom. The first-order chi connectivity index (χ1) is 9.81. The van der Waals surface area contributed by atoms with Gasteiger partial charge in [-0.1, -0.05) is 31.4 Å². The van der Waals surface area contributed by atoms with Crippen LogP contribution >= 0.6 is 71.9 Å². The summed E-state index contributed by atoms with van der Waals surface area (Å²) in [6.45, 7) is 6.34. The molecule has 0 saturated carbocycles. The predicted molar refractivity (Wildman–Crippen MR) is 134 cm³/mol. The van der Waals surface area contributed by atoms with Crippen molar-refractivity contribution in [2.75, 3.05) is 17.3 Å². The van der Waals surface area contributed by atoms with Gasteiger partial charge in [0.15, 0.2) is 0 Å². The van der Waals surface area contributed by atoms with E-state index in [4.69, 9.17) is 0 Å². The summed E-state index contributed by atoms with van der Waals surface area (Å²) in [7, 11) is 0. The number of hydrogen-bond acceptors (Lipinski definition) is 9. The largest absolute Gasteiger partial charge is 3.00 e. The molecule has 22 heavy (non-hydrogen) atoms. The van der Waals surface area contributed by atoms with Gasteiger partial charge in [-0.05, 0) is 36.5 Å². The maximum Gasteiger partial charge on any atom is 3.00 e. The second kappa shape index (κ2) is 28.6. The molecular weight excluding hydrogens is 554 g/mol. The van der Waals surface area contributed by atoms with Gasteiger partial charge in [0.2, 0.25) is 0 Å². The normalized spacial score (nSPS) is 8.32. The molecule has 0 fully saturated rings. The van der Waals surface area contributed by atoms with Crippen LogP contribution in [-0.4, -0.2) is 52.3 Å². The SMILES string of the molecule is CCCSC(=S)[S-].CCCSC(=S)[S-].CCCSC(=S)[S-].[Sb+3]. The van der Waals surface area contributed by atoms with Crippen LogP contribution in [0.2, 0.25) is 0 Å². The van der Waals surface area contributed by atoms with E-state index in [-0.39, 0.29) is 24.4 Å². The maximum atomic E-state index is 4.64. The molecule has 0 aliphatic carbocycles. The Bertz CT molecular complexity index is 229. The minimum atomic E-state index is 0. The molecule has 0 atom stereocenters. The van der Waals surface area contributed by atoms with Crippen LogP contribution in [0.15, 0.2) is 0 Å². The standard InChI is InChI=1S/3C4H8S3.Sb/c3*1-2-3-7-4(5)6;/h3*2-3H2,1H3,(H,5,6);/q;;;+3/p-3. The van der Waals surface area contributed by atoms with Gasteiger partial charge < -0.3 is 74.5 Å². The molecule has 10 heteroatoms. The summed E-state index contributed by atoms with van der Waals surface area (Å²) in [5, 5.41) is 0. The van der Waals surface area contributed by atoms with E-state index in [0.29, 0.717) is 10.6 Å². The van der Waals surface area contributed by atoms with Gasteiger partial charge in [-0.2, -0.15) is 0 Å². The Morgan fingerprint density at radius 3 is 0.864 bits per heavy atom. The fourth-order valence-electron chi connectivity index (χ4n) is 0.556. The second-order valence-corrected chi connectivity index (χ2v) is 11.4. The van der Waals surface area contributed by atoms with Crippen LogP contribution < -0.4 is 0 Å². The molecule has 0 rings (SSSR count). The Hall–Kier alpha value is 2.80. The molecule has 0 heterocycles. The Morgan fingerprint density at radius 2 is 0.818 bits per heavy atom. The molecule has 2 radical (unpaired) electrons. The fourth-order valence-corrected chi connectivity index (χ4v) is 3.17. The Kier molecular flexibility index (Phi) is 42.2. The van der Waals surface area contributed by atoms with Gasteiger partial charge in [-0.3, -0.25) is 0 Å². The van der Waals surface area contributed by atoms with Crippen molar-refractivity contribution in [1.29, 1.82) is 0 Å². The van der Waals surface area contributed by atoms with Crippen molar-refractivity contribution >= 4 is 145 Å². The van der Waals surface area contributed by atoms with Gasteiger partial charge >= 0.3 is 24.4 Å².